The Bertz CT molecular complexity index is 1010. The quantitative estimate of drug-likeness (QED) is 0.404. The maximum Gasteiger partial charge on any atom is 0.371 e. The van der Waals surface area contributed by atoms with Crippen molar-refractivity contribution < 1.29 is 37.6 Å². The van der Waals surface area contributed by atoms with Gasteiger partial charge in [0.05, 0.1) is 0 Å². The predicted molar refractivity (Wildman–Crippen MR) is 104 cm³/mol. The van der Waals surface area contributed by atoms with Crippen molar-refractivity contribution >= 4 is 21.2 Å². The molecule has 0 bridgehead atoms. The molecule has 2 heterocycles. The van der Waals surface area contributed by atoms with Crippen molar-refractivity contribution in [3.63, 3.8) is 0 Å². The van der Waals surface area contributed by atoms with Gasteiger partial charge in [0.2, 0.25) is 5.08 Å². The van der Waals surface area contributed by atoms with E-state index in [9.17, 15) is 23.8 Å². The minimum absolute atomic E-state index is 0.0442. The van der Waals surface area contributed by atoms with Gasteiger partial charge < -0.3 is 25.4 Å². The molecular formula is C17H19FN2O7P2. The van der Waals surface area contributed by atoms with Crippen molar-refractivity contribution in [2.24, 2.45) is 5.73 Å². The van der Waals surface area contributed by atoms with Crippen molar-refractivity contribution in [3.8, 4) is 5.75 Å². The van der Waals surface area contributed by atoms with Gasteiger partial charge in [-0.2, -0.15) is 0 Å². The van der Waals surface area contributed by atoms with Gasteiger partial charge in [0.15, 0.2) is 31.1 Å². The number of hydrogen-bond acceptors (Lipinski definition) is 8. The molecule has 2 aromatic rings. The van der Waals surface area contributed by atoms with Crippen LogP contribution in [0.1, 0.15) is 17.4 Å². The van der Waals surface area contributed by atoms with Gasteiger partial charge in [0, 0.05) is 24.4 Å². The molecule has 0 aliphatic carbocycles. The third-order valence-electron chi connectivity index (χ3n) is 4.15. The highest BCUT2D eigenvalue weighted by atomic mass is 31.2. The van der Waals surface area contributed by atoms with E-state index in [0.29, 0.717) is 5.56 Å². The van der Waals surface area contributed by atoms with E-state index in [2.05, 4.69) is 17.9 Å². The van der Waals surface area contributed by atoms with E-state index in [1.165, 1.54) is 30.6 Å². The molecule has 0 radical (unpaired) electrons. The van der Waals surface area contributed by atoms with Gasteiger partial charge in [0.25, 0.3) is 0 Å². The zero-order chi connectivity index (χ0) is 21.4. The Morgan fingerprint density at radius 1 is 1.38 bits per heavy atom. The van der Waals surface area contributed by atoms with Crippen LogP contribution in [0.2, 0.25) is 0 Å². The van der Waals surface area contributed by atoms with Crippen molar-refractivity contribution in [2.75, 3.05) is 0 Å². The summed E-state index contributed by atoms with van der Waals surface area (Å²) in [6.07, 6.45) is 4.13. The molecule has 4 unspecified atom stereocenters. The largest absolute Gasteiger partial charge is 0.439 e. The molecule has 1 fully saturated rings. The Balaban J connectivity index is 1.92. The molecule has 0 amide bonds. The lowest BCUT2D eigenvalue weighted by atomic mass is 10.2. The molecular weight excluding hydrogens is 425 g/mol. The van der Waals surface area contributed by atoms with Crippen LogP contribution in [-0.2, 0) is 20.0 Å². The van der Waals surface area contributed by atoms with Gasteiger partial charge >= 0.3 is 7.60 Å². The minimum atomic E-state index is -4.91. The summed E-state index contributed by atoms with van der Waals surface area (Å²) < 4.78 is 42.3. The van der Waals surface area contributed by atoms with E-state index in [1.807, 2.05) is 0 Å². The average molecular weight is 444 g/mol. The molecule has 156 valence electrons. The standard InChI is InChI=1S/C17H19FN2O7P2/c1-11(19)25-15-6-5-13(8-14(15)18)16-26-28(2,22)17(21,29(23,24)27-16)9-12-4-3-7-20-10-12/h3-8,10,16,21-22H,1-2,9,19H2,(H,23,24). The lowest BCUT2D eigenvalue weighted by Crippen LogP contribution is -2.38. The van der Waals surface area contributed by atoms with Crippen LogP contribution >= 0.6 is 14.9 Å². The molecule has 1 aliphatic rings. The fraction of sp³-hybridized carbons (Fsp3) is 0.176. The lowest BCUT2D eigenvalue weighted by molar-refractivity contribution is -0.0475. The van der Waals surface area contributed by atoms with Crippen LogP contribution in [0.3, 0.4) is 0 Å². The monoisotopic (exact) mass is 444 g/mol. The van der Waals surface area contributed by atoms with Gasteiger partial charge in [-0.15, -0.1) is 0 Å². The maximum atomic E-state index is 14.2. The molecule has 9 nitrogen and oxygen atoms in total. The van der Waals surface area contributed by atoms with Crippen molar-refractivity contribution in [3.05, 3.63) is 72.1 Å². The molecule has 3 rings (SSSR count). The summed E-state index contributed by atoms with van der Waals surface area (Å²) in [5, 5.41) is 8.18. The highest BCUT2D eigenvalue weighted by Gasteiger charge is 2.62. The van der Waals surface area contributed by atoms with Crippen LogP contribution in [0.5, 0.6) is 5.75 Å². The normalized spacial score (nSPS) is 31.9. The SMILES string of the molecule is C=C(N)Oc1ccc(C2OP(=C)(O)C(O)(Cc3cccnc3)P(=O)(O)O2)cc1F. The molecule has 0 saturated carbocycles. The van der Waals surface area contributed by atoms with Crippen molar-refractivity contribution in [1.82, 2.24) is 4.98 Å². The molecule has 1 aromatic carbocycles. The van der Waals surface area contributed by atoms with Crippen molar-refractivity contribution in [1.29, 1.82) is 0 Å². The first-order valence-corrected chi connectivity index (χ1v) is 11.6. The zero-order valence-corrected chi connectivity index (χ0v) is 16.8. The van der Waals surface area contributed by atoms with Crippen LogP contribution in [-0.4, -0.2) is 31.3 Å². The number of aromatic nitrogens is 1. The van der Waals surface area contributed by atoms with Crippen molar-refractivity contribution in [2.45, 2.75) is 17.8 Å². The number of pyridine rings is 1. The van der Waals surface area contributed by atoms with E-state index >= 15 is 0 Å². The van der Waals surface area contributed by atoms with Crippen LogP contribution in [0.25, 0.3) is 0 Å². The summed E-state index contributed by atoms with van der Waals surface area (Å²) >= 11 is 0. The van der Waals surface area contributed by atoms with Crippen LogP contribution in [0, 0.1) is 5.82 Å². The molecule has 1 saturated heterocycles. The van der Waals surface area contributed by atoms with Crippen LogP contribution in [0.4, 0.5) is 4.39 Å². The number of hydrogen-bond donors (Lipinski definition) is 4. The third kappa shape index (κ3) is 4.15. The second-order valence-electron chi connectivity index (χ2n) is 6.34. The molecule has 5 N–H and O–H groups in total. The molecule has 12 heteroatoms. The van der Waals surface area contributed by atoms with Gasteiger partial charge in [-0.05, 0) is 36.6 Å². The summed E-state index contributed by atoms with van der Waals surface area (Å²) in [5.74, 6) is -1.35. The summed E-state index contributed by atoms with van der Waals surface area (Å²) in [7, 11) is -9.08. The smallest absolute Gasteiger partial charge is 0.371 e. The summed E-state index contributed by atoms with van der Waals surface area (Å²) in [5.41, 5.74) is 5.58. The van der Waals surface area contributed by atoms with E-state index in [0.717, 1.165) is 6.07 Å². The van der Waals surface area contributed by atoms with E-state index < -0.39 is 38.5 Å². The Morgan fingerprint density at radius 3 is 2.66 bits per heavy atom. The topological polar surface area (TPSA) is 144 Å². The Kier molecular flexibility index (Phi) is 5.73. The van der Waals surface area contributed by atoms with Gasteiger partial charge in [-0.3, -0.25) is 18.6 Å². The van der Waals surface area contributed by atoms with Gasteiger partial charge in [-0.1, -0.05) is 12.1 Å². The van der Waals surface area contributed by atoms with E-state index in [4.69, 9.17) is 19.5 Å². The Hall–Kier alpha value is -2.03. The average Bonchev–Trinajstić information content (AvgIpc) is 2.61. The number of ether oxygens (including phenoxy) is 1. The number of halogens is 1. The fourth-order valence-electron chi connectivity index (χ4n) is 2.68. The first-order chi connectivity index (χ1) is 13.5. The molecule has 0 spiro atoms. The second-order valence-corrected chi connectivity index (χ2v) is 11.0. The summed E-state index contributed by atoms with van der Waals surface area (Å²) in [4.78, 5) is 25.0. The second kappa shape index (κ2) is 7.66. The number of nitrogens with two attached hydrogens (primary N) is 1. The lowest BCUT2D eigenvalue weighted by Gasteiger charge is -2.45. The van der Waals surface area contributed by atoms with Crippen LogP contribution in [0.15, 0.2) is 55.2 Å². The molecule has 1 aromatic heterocycles. The zero-order valence-electron chi connectivity index (χ0n) is 15.0. The Labute approximate surface area is 165 Å². The van der Waals surface area contributed by atoms with Gasteiger partial charge in [0.1, 0.15) is 0 Å². The van der Waals surface area contributed by atoms with E-state index in [1.54, 1.807) is 6.07 Å². The summed E-state index contributed by atoms with van der Waals surface area (Å²) in [6.45, 7) is 3.29. The molecule has 4 atom stereocenters. The fourth-order valence-corrected chi connectivity index (χ4v) is 6.67. The van der Waals surface area contributed by atoms with Crippen LogP contribution < -0.4 is 10.5 Å². The number of aliphatic hydroxyl groups is 1. The third-order valence-corrected chi connectivity index (χ3v) is 9.21. The molecule has 1 aliphatic heterocycles. The number of nitrogens with zero attached hydrogens (tertiary/aromatic N) is 1. The first-order valence-electron chi connectivity index (χ1n) is 8.14. The molecule has 29 heavy (non-hydrogen) atoms. The minimum Gasteiger partial charge on any atom is -0.439 e. The predicted octanol–water partition coefficient (Wildman–Crippen LogP) is 2.42. The summed E-state index contributed by atoms with van der Waals surface area (Å²) in [6, 6.07) is 6.45. The highest BCUT2D eigenvalue weighted by molar-refractivity contribution is 7.78. The highest BCUT2D eigenvalue weighted by Crippen LogP contribution is 2.78. The first kappa shape index (κ1) is 21.7. The number of rotatable bonds is 5. The van der Waals surface area contributed by atoms with Gasteiger partial charge in [-0.25, -0.2) is 4.39 Å². The maximum absolute atomic E-state index is 14.2. The number of benzene rings is 1. The van der Waals surface area contributed by atoms with E-state index in [-0.39, 0.29) is 17.2 Å². The Morgan fingerprint density at radius 2 is 2.10 bits per heavy atom.